The van der Waals surface area contributed by atoms with Crippen LogP contribution in [0.1, 0.15) is 51.6 Å². The Balaban J connectivity index is 1.60. The molecule has 0 saturated heterocycles. The van der Waals surface area contributed by atoms with E-state index in [1.807, 2.05) is 13.8 Å². The molecular weight excluding hydrogens is 550 g/mol. The molecule has 1 aromatic carbocycles. The van der Waals surface area contributed by atoms with Crippen LogP contribution in [0, 0.1) is 13.8 Å². The molecule has 42 heavy (non-hydrogen) atoms. The van der Waals surface area contributed by atoms with Crippen molar-refractivity contribution in [3.05, 3.63) is 65.3 Å². The van der Waals surface area contributed by atoms with Crippen LogP contribution in [0.3, 0.4) is 0 Å². The van der Waals surface area contributed by atoms with E-state index in [1.54, 1.807) is 19.2 Å². The fraction of sp³-hybridized carbons (Fsp3) is 0.259. The van der Waals surface area contributed by atoms with Crippen LogP contribution < -0.4 is 15.5 Å². The molecule has 4 rings (SSSR count). The number of fused-ring (bicyclic) bond motifs is 1. The molecule has 218 valence electrons. The number of nitrogens with one attached hydrogen (secondary N) is 2. The largest absolute Gasteiger partial charge is 0.428 e. The summed E-state index contributed by atoms with van der Waals surface area (Å²) in [6.07, 6.45) is 3.26. The van der Waals surface area contributed by atoms with Crippen molar-refractivity contribution >= 4 is 53.0 Å². The maximum atomic E-state index is 13.5. The standard InChI is InChI=1S/C27H27N7O8/c1-4-28-25(37)19-13-33-23(17(19)3)24(29-14-30-33)31-20-12-18(8-7-16(20)2)26(38)34(21-9-11-42-32-21)27(39)41-15-40-22(36)6-5-10-35/h7-14H,4-6,15H2,1-3H3,(H,28,37)(H,29,30,31). The van der Waals surface area contributed by atoms with Gasteiger partial charge < -0.3 is 29.4 Å². The highest BCUT2D eigenvalue weighted by atomic mass is 16.7. The number of amides is 3. The SMILES string of the molecule is CCNC(=O)c1cn2ncnc(Nc3cc(C(=O)N(C(=O)OCOC(=O)CCC=O)c4ccon4)ccc3C)c2c1C. The lowest BCUT2D eigenvalue weighted by atomic mass is 10.1. The Kier molecular flexibility index (Phi) is 9.21. The van der Waals surface area contributed by atoms with E-state index >= 15 is 0 Å². The second-order valence-electron chi connectivity index (χ2n) is 8.83. The van der Waals surface area contributed by atoms with E-state index in [2.05, 4.69) is 25.9 Å². The van der Waals surface area contributed by atoms with Crippen LogP contribution in [0.5, 0.6) is 0 Å². The molecule has 4 aromatic rings. The summed E-state index contributed by atoms with van der Waals surface area (Å²) < 4.78 is 16.1. The molecule has 3 heterocycles. The summed E-state index contributed by atoms with van der Waals surface area (Å²) in [5.41, 5.74) is 2.96. The number of benzene rings is 1. The van der Waals surface area contributed by atoms with Gasteiger partial charge in [0.05, 0.1) is 12.0 Å². The molecule has 0 aliphatic heterocycles. The summed E-state index contributed by atoms with van der Waals surface area (Å²) >= 11 is 0. The van der Waals surface area contributed by atoms with Gasteiger partial charge in [0, 0.05) is 36.5 Å². The van der Waals surface area contributed by atoms with Gasteiger partial charge in [0.15, 0.2) is 11.6 Å². The van der Waals surface area contributed by atoms with Crippen molar-refractivity contribution in [2.24, 2.45) is 0 Å². The van der Waals surface area contributed by atoms with Crippen LogP contribution in [0.4, 0.5) is 22.1 Å². The lowest BCUT2D eigenvalue weighted by Crippen LogP contribution is -2.38. The normalized spacial score (nSPS) is 10.6. The summed E-state index contributed by atoms with van der Waals surface area (Å²) in [5.74, 6) is -1.58. The summed E-state index contributed by atoms with van der Waals surface area (Å²) in [7, 11) is 0. The number of esters is 1. The number of hydrogen-bond donors (Lipinski definition) is 2. The zero-order valence-electron chi connectivity index (χ0n) is 22.9. The lowest BCUT2D eigenvalue weighted by molar-refractivity contribution is -0.152. The Bertz CT molecular complexity index is 1630. The van der Waals surface area contributed by atoms with Gasteiger partial charge in [-0.25, -0.2) is 14.3 Å². The molecule has 0 radical (unpaired) electrons. The number of aldehydes is 1. The van der Waals surface area contributed by atoms with E-state index in [4.69, 9.17) is 14.0 Å². The monoisotopic (exact) mass is 577 g/mol. The molecule has 0 spiro atoms. The van der Waals surface area contributed by atoms with Crippen LogP contribution in [-0.4, -0.2) is 63.3 Å². The maximum Gasteiger partial charge on any atom is 0.425 e. The smallest absolute Gasteiger partial charge is 0.425 e. The van der Waals surface area contributed by atoms with E-state index in [0.29, 0.717) is 45.9 Å². The Morgan fingerprint density at radius 3 is 2.67 bits per heavy atom. The predicted molar refractivity (Wildman–Crippen MR) is 146 cm³/mol. The van der Waals surface area contributed by atoms with Crippen molar-refractivity contribution in [2.45, 2.75) is 33.6 Å². The summed E-state index contributed by atoms with van der Waals surface area (Å²) in [6.45, 7) is 5.10. The summed E-state index contributed by atoms with van der Waals surface area (Å²) in [5, 5.41) is 13.8. The molecule has 0 aliphatic carbocycles. The summed E-state index contributed by atoms with van der Waals surface area (Å²) in [6, 6.07) is 5.97. The van der Waals surface area contributed by atoms with Crippen molar-refractivity contribution in [1.82, 2.24) is 25.1 Å². The van der Waals surface area contributed by atoms with Gasteiger partial charge in [-0.05, 0) is 44.0 Å². The first kappa shape index (κ1) is 29.4. The average molecular weight is 578 g/mol. The number of hydrogen-bond acceptors (Lipinski definition) is 12. The van der Waals surface area contributed by atoms with Crippen LogP contribution in [0.2, 0.25) is 0 Å². The van der Waals surface area contributed by atoms with E-state index in [9.17, 15) is 24.0 Å². The fourth-order valence-electron chi connectivity index (χ4n) is 3.94. The first-order chi connectivity index (χ1) is 20.2. The molecule has 2 N–H and O–H groups in total. The Hall–Kier alpha value is -5.60. The van der Waals surface area contributed by atoms with Crippen LogP contribution in [0.15, 0.2) is 47.6 Å². The van der Waals surface area contributed by atoms with Gasteiger partial charge in [-0.15, -0.1) is 0 Å². The van der Waals surface area contributed by atoms with Crippen LogP contribution >= 0.6 is 0 Å². The van der Waals surface area contributed by atoms with E-state index in [0.717, 1.165) is 5.56 Å². The van der Waals surface area contributed by atoms with Gasteiger partial charge in [-0.3, -0.25) is 14.4 Å². The van der Waals surface area contributed by atoms with Gasteiger partial charge in [0.25, 0.3) is 11.8 Å². The zero-order valence-corrected chi connectivity index (χ0v) is 22.9. The molecule has 0 aliphatic rings. The van der Waals surface area contributed by atoms with Gasteiger partial charge in [0.1, 0.15) is 24.4 Å². The van der Waals surface area contributed by atoms with Crippen LogP contribution in [-0.2, 0) is 19.1 Å². The number of ether oxygens (including phenoxy) is 2. The number of anilines is 3. The predicted octanol–water partition coefficient (Wildman–Crippen LogP) is 3.09. The second-order valence-corrected chi connectivity index (χ2v) is 8.83. The Morgan fingerprint density at radius 2 is 1.95 bits per heavy atom. The number of carbonyl (C=O) groups is 5. The molecule has 0 bridgehead atoms. The number of aromatic nitrogens is 4. The van der Waals surface area contributed by atoms with Crippen molar-refractivity contribution in [3.63, 3.8) is 0 Å². The molecule has 0 fully saturated rings. The quantitative estimate of drug-likeness (QED) is 0.151. The van der Waals surface area contributed by atoms with Crippen molar-refractivity contribution in [1.29, 1.82) is 0 Å². The maximum absolute atomic E-state index is 13.5. The highest BCUT2D eigenvalue weighted by molar-refractivity contribution is 6.19. The summed E-state index contributed by atoms with van der Waals surface area (Å²) in [4.78, 5) is 65.9. The highest BCUT2D eigenvalue weighted by Crippen LogP contribution is 2.28. The topological polar surface area (TPSA) is 187 Å². The van der Waals surface area contributed by atoms with Crippen LogP contribution in [0.25, 0.3) is 5.52 Å². The molecule has 0 saturated carbocycles. The molecule has 3 amide bonds. The average Bonchev–Trinajstić information content (AvgIpc) is 3.62. The van der Waals surface area contributed by atoms with E-state index in [-0.39, 0.29) is 30.1 Å². The third-order valence-electron chi connectivity index (χ3n) is 6.05. The second kappa shape index (κ2) is 13.2. The minimum absolute atomic E-state index is 0.0416. The zero-order chi connectivity index (χ0) is 30.2. The van der Waals surface area contributed by atoms with Crippen molar-refractivity contribution < 1.29 is 38.0 Å². The van der Waals surface area contributed by atoms with E-state index < -0.39 is 24.8 Å². The minimum Gasteiger partial charge on any atom is -0.428 e. The van der Waals surface area contributed by atoms with Gasteiger partial charge in [-0.1, -0.05) is 11.2 Å². The minimum atomic E-state index is -1.17. The van der Waals surface area contributed by atoms with Gasteiger partial charge in [0.2, 0.25) is 6.79 Å². The Morgan fingerprint density at radius 1 is 1.14 bits per heavy atom. The van der Waals surface area contributed by atoms with Gasteiger partial charge in [-0.2, -0.15) is 10.00 Å². The number of rotatable bonds is 11. The number of carbonyl (C=O) groups excluding carboxylic acids is 5. The van der Waals surface area contributed by atoms with Gasteiger partial charge >= 0.3 is 12.1 Å². The first-order valence-corrected chi connectivity index (χ1v) is 12.7. The molecule has 3 aromatic heterocycles. The number of aryl methyl sites for hydroxylation is 2. The molecule has 15 heteroatoms. The third-order valence-corrected chi connectivity index (χ3v) is 6.05. The highest BCUT2D eigenvalue weighted by Gasteiger charge is 2.29. The molecule has 0 atom stereocenters. The third kappa shape index (κ3) is 6.41. The van der Waals surface area contributed by atoms with Crippen molar-refractivity contribution in [2.75, 3.05) is 23.6 Å². The lowest BCUT2D eigenvalue weighted by Gasteiger charge is -2.18. The number of nitrogens with zero attached hydrogens (tertiary/aromatic N) is 5. The Labute approximate surface area is 238 Å². The van der Waals surface area contributed by atoms with Crippen molar-refractivity contribution in [3.8, 4) is 0 Å². The fourth-order valence-corrected chi connectivity index (χ4v) is 3.94. The molecular formula is C27H27N7O8. The molecule has 0 unspecified atom stereocenters. The molecule has 15 nitrogen and oxygen atoms in total. The van der Waals surface area contributed by atoms with E-state index in [1.165, 1.54) is 35.3 Å². The number of imide groups is 1. The first-order valence-electron chi connectivity index (χ1n) is 12.7.